The fourth-order valence-corrected chi connectivity index (χ4v) is 5.20. The summed E-state index contributed by atoms with van der Waals surface area (Å²) < 4.78 is 1.95. The quantitative estimate of drug-likeness (QED) is 0.376. The number of halogens is 3. The summed E-state index contributed by atoms with van der Waals surface area (Å²) in [5.41, 5.74) is 12.6. The monoisotopic (exact) mass is 585 g/mol. The van der Waals surface area contributed by atoms with Gasteiger partial charge in [-0.3, -0.25) is 9.59 Å². The van der Waals surface area contributed by atoms with Crippen molar-refractivity contribution < 1.29 is 9.59 Å². The fraction of sp³-hybridized carbons (Fsp3) is 0.200. The van der Waals surface area contributed by atoms with E-state index in [1.807, 2.05) is 67.8 Å². The van der Waals surface area contributed by atoms with E-state index >= 15 is 0 Å². The Balaban J connectivity index is 3.52. The van der Waals surface area contributed by atoms with Crippen LogP contribution < -0.4 is 16.8 Å². The molecule has 98 valence electrons. The van der Waals surface area contributed by atoms with Gasteiger partial charge >= 0.3 is 0 Å². The predicted octanol–water partition coefficient (Wildman–Crippen LogP) is 2.53. The number of carbonyl (C=O) groups excluding carboxylic acids is 2. The summed E-state index contributed by atoms with van der Waals surface area (Å²) >= 11 is 6.02. The predicted molar refractivity (Wildman–Crippen MR) is 96.4 cm³/mol. The molecule has 0 radical (unpaired) electrons. The van der Waals surface area contributed by atoms with Crippen LogP contribution in [0.15, 0.2) is 0 Å². The first-order valence-corrected chi connectivity index (χ1v) is 8.10. The van der Waals surface area contributed by atoms with Gasteiger partial charge in [0.25, 0.3) is 5.91 Å². The average molecular weight is 585 g/mol. The van der Waals surface area contributed by atoms with E-state index in [1.54, 1.807) is 6.92 Å². The molecule has 18 heavy (non-hydrogen) atoms. The number of rotatable bonds is 3. The summed E-state index contributed by atoms with van der Waals surface area (Å²) in [6, 6.07) is 0. The lowest BCUT2D eigenvalue weighted by molar-refractivity contribution is -0.115. The van der Waals surface area contributed by atoms with Crippen LogP contribution in [-0.4, -0.2) is 11.8 Å². The standard InChI is InChI=1S/C10H10I3N3O2/c1-2-3(17)16-9-6(12)4(10(15)18)5(11)8(14)7(9)13/h2,14H2,1H3,(H2,15,18)(H,16,17). The Labute approximate surface area is 145 Å². The molecule has 0 aliphatic heterocycles. The van der Waals surface area contributed by atoms with Crippen molar-refractivity contribution in [3.05, 3.63) is 16.3 Å². The largest absolute Gasteiger partial charge is 0.397 e. The number of hydrogen-bond acceptors (Lipinski definition) is 3. The van der Waals surface area contributed by atoms with Crippen LogP contribution in [0.3, 0.4) is 0 Å². The number of hydrogen-bond donors (Lipinski definition) is 3. The number of carbonyl (C=O) groups is 2. The van der Waals surface area contributed by atoms with Gasteiger partial charge in [-0.15, -0.1) is 0 Å². The van der Waals surface area contributed by atoms with Gasteiger partial charge < -0.3 is 16.8 Å². The van der Waals surface area contributed by atoms with Crippen molar-refractivity contribution in [2.75, 3.05) is 11.1 Å². The first-order chi connectivity index (χ1) is 8.31. The zero-order chi connectivity index (χ0) is 14.0. The van der Waals surface area contributed by atoms with Crippen molar-refractivity contribution in [2.45, 2.75) is 13.3 Å². The molecule has 0 aromatic heterocycles. The second-order valence-corrected chi connectivity index (χ2v) is 6.61. The molecule has 0 aliphatic rings. The molecule has 1 aromatic rings. The third-order valence-corrected chi connectivity index (χ3v) is 5.50. The maximum Gasteiger partial charge on any atom is 0.251 e. The van der Waals surface area contributed by atoms with Gasteiger partial charge in [-0.05, 0) is 67.8 Å². The van der Waals surface area contributed by atoms with Crippen molar-refractivity contribution >= 4 is 91.0 Å². The van der Waals surface area contributed by atoms with Gasteiger partial charge in [-0.2, -0.15) is 0 Å². The van der Waals surface area contributed by atoms with E-state index in [2.05, 4.69) is 5.32 Å². The maximum atomic E-state index is 11.5. The first kappa shape index (κ1) is 16.2. The van der Waals surface area contributed by atoms with E-state index in [9.17, 15) is 9.59 Å². The highest BCUT2D eigenvalue weighted by atomic mass is 127. The van der Waals surface area contributed by atoms with Crippen molar-refractivity contribution in [1.29, 1.82) is 0 Å². The second kappa shape index (κ2) is 6.54. The number of amides is 2. The molecule has 1 aromatic carbocycles. The fourth-order valence-electron chi connectivity index (χ4n) is 1.24. The molecule has 0 heterocycles. The second-order valence-electron chi connectivity index (χ2n) is 3.37. The molecule has 0 saturated heterocycles. The van der Waals surface area contributed by atoms with Crippen molar-refractivity contribution in [1.82, 2.24) is 0 Å². The topological polar surface area (TPSA) is 98.2 Å². The molecular formula is C10H10I3N3O2. The molecule has 0 unspecified atom stereocenters. The van der Waals surface area contributed by atoms with Crippen LogP contribution in [0.25, 0.3) is 0 Å². The zero-order valence-corrected chi connectivity index (χ0v) is 15.8. The summed E-state index contributed by atoms with van der Waals surface area (Å²) in [6.07, 6.45) is 0.351. The Hall–Kier alpha value is 0.150. The Kier molecular flexibility index (Phi) is 5.89. The minimum Gasteiger partial charge on any atom is -0.397 e. The van der Waals surface area contributed by atoms with Crippen LogP contribution in [0, 0.1) is 10.7 Å². The van der Waals surface area contributed by atoms with Gasteiger partial charge in [-0.1, -0.05) is 6.92 Å². The van der Waals surface area contributed by atoms with E-state index < -0.39 is 5.91 Å². The number of benzene rings is 1. The van der Waals surface area contributed by atoms with Gasteiger partial charge in [0.1, 0.15) is 0 Å². The number of nitrogens with two attached hydrogens (primary N) is 2. The van der Waals surface area contributed by atoms with Crippen LogP contribution in [0.1, 0.15) is 23.7 Å². The van der Waals surface area contributed by atoms with Crippen LogP contribution in [0.4, 0.5) is 11.4 Å². The minimum atomic E-state index is -0.557. The van der Waals surface area contributed by atoms with Crippen molar-refractivity contribution in [3.63, 3.8) is 0 Å². The summed E-state index contributed by atoms with van der Waals surface area (Å²) in [7, 11) is 0. The average Bonchev–Trinajstić information content (AvgIpc) is 2.31. The van der Waals surface area contributed by atoms with E-state index in [-0.39, 0.29) is 5.91 Å². The summed E-state index contributed by atoms with van der Waals surface area (Å²) in [5.74, 6) is -0.694. The Morgan fingerprint density at radius 1 is 1.17 bits per heavy atom. The zero-order valence-electron chi connectivity index (χ0n) is 9.31. The summed E-state index contributed by atoms with van der Waals surface area (Å²) in [6.45, 7) is 1.75. The highest BCUT2D eigenvalue weighted by Crippen LogP contribution is 2.36. The van der Waals surface area contributed by atoms with E-state index in [1.165, 1.54) is 0 Å². The smallest absolute Gasteiger partial charge is 0.251 e. The third-order valence-electron chi connectivity index (χ3n) is 2.18. The Bertz CT molecular complexity index is 532. The number of anilines is 2. The van der Waals surface area contributed by atoms with E-state index in [4.69, 9.17) is 11.5 Å². The number of primary amides is 1. The van der Waals surface area contributed by atoms with Crippen molar-refractivity contribution in [2.24, 2.45) is 5.73 Å². The maximum absolute atomic E-state index is 11.5. The van der Waals surface area contributed by atoms with Gasteiger partial charge in [0.05, 0.1) is 27.6 Å². The lowest BCUT2D eigenvalue weighted by Crippen LogP contribution is -2.20. The molecule has 5 N–H and O–H groups in total. The van der Waals surface area contributed by atoms with Crippen LogP contribution in [0.2, 0.25) is 0 Å². The van der Waals surface area contributed by atoms with Crippen LogP contribution in [-0.2, 0) is 4.79 Å². The molecule has 0 bridgehead atoms. The Morgan fingerprint density at radius 3 is 2.17 bits per heavy atom. The van der Waals surface area contributed by atoms with Gasteiger partial charge in [-0.25, -0.2) is 0 Å². The molecule has 0 spiro atoms. The molecule has 0 fully saturated rings. The molecule has 0 atom stereocenters. The Morgan fingerprint density at radius 2 is 1.72 bits per heavy atom. The van der Waals surface area contributed by atoms with Gasteiger partial charge in [0, 0.05) is 6.42 Å². The van der Waals surface area contributed by atoms with E-state index in [0.717, 1.165) is 0 Å². The molecule has 0 saturated carbocycles. The molecule has 8 heteroatoms. The highest BCUT2D eigenvalue weighted by Gasteiger charge is 2.22. The van der Waals surface area contributed by atoms with Crippen LogP contribution in [0.5, 0.6) is 0 Å². The van der Waals surface area contributed by atoms with E-state index in [0.29, 0.717) is 34.1 Å². The van der Waals surface area contributed by atoms with Gasteiger partial charge in [0.2, 0.25) is 5.91 Å². The molecule has 1 rings (SSSR count). The van der Waals surface area contributed by atoms with Gasteiger partial charge in [0.15, 0.2) is 0 Å². The molecule has 2 amide bonds. The molecular weight excluding hydrogens is 575 g/mol. The highest BCUT2D eigenvalue weighted by molar-refractivity contribution is 14.1. The summed E-state index contributed by atoms with van der Waals surface area (Å²) in [5, 5.41) is 2.75. The number of nitrogen functional groups attached to an aromatic ring is 1. The lowest BCUT2D eigenvalue weighted by atomic mass is 10.1. The third kappa shape index (κ3) is 3.18. The summed E-state index contributed by atoms with van der Waals surface area (Å²) in [4.78, 5) is 22.9. The lowest BCUT2D eigenvalue weighted by Gasteiger charge is -2.16. The normalized spacial score (nSPS) is 10.2. The first-order valence-electron chi connectivity index (χ1n) is 4.86. The number of nitrogens with one attached hydrogen (secondary N) is 1. The van der Waals surface area contributed by atoms with Crippen LogP contribution >= 0.6 is 67.8 Å². The SMILES string of the molecule is CCC(=O)Nc1c(I)c(N)c(I)c(C(N)=O)c1I. The minimum absolute atomic E-state index is 0.137. The van der Waals surface area contributed by atoms with Crippen molar-refractivity contribution in [3.8, 4) is 0 Å². The molecule has 0 aliphatic carbocycles. The molecule has 5 nitrogen and oxygen atoms in total.